The fourth-order valence-electron chi connectivity index (χ4n) is 3.88. The Hall–Kier alpha value is -4.70. The van der Waals surface area contributed by atoms with Crippen LogP contribution in [-0.2, 0) is 22.3 Å². The Morgan fingerprint density at radius 2 is 0.789 bits per heavy atom. The van der Waals surface area contributed by atoms with E-state index >= 15 is 0 Å². The van der Waals surface area contributed by atoms with Crippen LogP contribution in [0.3, 0.4) is 0 Å². The van der Waals surface area contributed by atoms with Gasteiger partial charge < -0.3 is 9.47 Å². The number of allylic oxidation sites excluding steroid dienone is 2. The summed E-state index contributed by atoms with van der Waals surface area (Å²) < 4.78 is 11.7. The Balaban J connectivity index is 1.61. The van der Waals surface area contributed by atoms with Gasteiger partial charge in [-0.1, -0.05) is 97.1 Å². The first kappa shape index (κ1) is 26.4. The average Bonchev–Trinajstić information content (AvgIpc) is 2.98. The highest BCUT2D eigenvalue weighted by Crippen LogP contribution is 2.21. The predicted octanol–water partition coefficient (Wildman–Crippen LogP) is 7.73. The smallest absolute Gasteiger partial charge is 0.343 e. The van der Waals surface area contributed by atoms with E-state index in [1.54, 1.807) is 48.5 Å². The molecule has 4 heteroatoms. The van der Waals surface area contributed by atoms with Crippen molar-refractivity contribution in [3.63, 3.8) is 0 Å². The van der Waals surface area contributed by atoms with Crippen molar-refractivity contribution in [2.75, 3.05) is 0 Å². The molecule has 0 aromatic heterocycles. The second-order valence-electron chi connectivity index (χ2n) is 8.70. The number of ether oxygens (including phenoxy) is 2. The van der Waals surface area contributed by atoms with Gasteiger partial charge >= 0.3 is 11.9 Å². The van der Waals surface area contributed by atoms with E-state index in [-0.39, 0.29) is 11.5 Å². The first-order chi connectivity index (χ1) is 18.7. The molecule has 0 bridgehead atoms. The molecular weight excluding hydrogens is 472 g/mol. The molecule has 4 aromatic carbocycles. The fourth-order valence-corrected chi connectivity index (χ4v) is 3.88. The van der Waals surface area contributed by atoms with Crippen LogP contribution in [0.15, 0.2) is 145 Å². The molecule has 4 nitrogen and oxygen atoms in total. The minimum Gasteiger partial charge on any atom is -0.419 e. The van der Waals surface area contributed by atoms with Gasteiger partial charge in [0.15, 0.2) is 11.5 Å². The highest BCUT2D eigenvalue weighted by molar-refractivity contribution is 5.91. The SMILES string of the molecule is O=C(OC(=C\CCc1ccccc1)/C(=C/CCc1ccccc1)OC(=O)c1ccccc1)c1ccccc1. The molecule has 0 aliphatic rings. The predicted molar refractivity (Wildman–Crippen MR) is 149 cm³/mol. The average molecular weight is 503 g/mol. The molecule has 0 aliphatic heterocycles. The molecule has 0 radical (unpaired) electrons. The molecule has 190 valence electrons. The summed E-state index contributed by atoms with van der Waals surface area (Å²) in [6.45, 7) is 0. The van der Waals surface area contributed by atoms with Crippen LogP contribution < -0.4 is 0 Å². The number of benzene rings is 4. The second kappa shape index (κ2) is 14.1. The lowest BCUT2D eigenvalue weighted by atomic mass is 10.1. The summed E-state index contributed by atoms with van der Waals surface area (Å²) in [5, 5.41) is 0. The Morgan fingerprint density at radius 1 is 0.474 bits per heavy atom. The molecule has 0 heterocycles. The molecule has 4 aromatic rings. The van der Waals surface area contributed by atoms with Crippen molar-refractivity contribution in [2.45, 2.75) is 25.7 Å². The molecule has 0 unspecified atom stereocenters. The van der Waals surface area contributed by atoms with Crippen LogP contribution in [0.4, 0.5) is 0 Å². The summed E-state index contributed by atoms with van der Waals surface area (Å²) in [6, 6.07) is 37.7. The summed E-state index contributed by atoms with van der Waals surface area (Å²) in [7, 11) is 0. The number of esters is 2. The zero-order valence-electron chi connectivity index (χ0n) is 21.2. The summed E-state index contributed by atoms with van der Waals surface area (Å²) >= 11 is 0. The zero-order valence-corrected chi connectivity index (χ0v) is 21.2. The molecule has 0 amide bonds. The van der Waals surface area contributed by atoms with E-state index in [9.17, 15) is 9.59 Å². The molecule has 0 fully saturated rings. The number of aryl methyl sites for hydroxylation is 2. The van der Waals surface area contributed by atoms with Crippen molar-refractivity contribution in [1.82, 2.24) is 0 Å². The first-order valence-corrected chi connectivity index (χ1v) is 12.7. The summed E-state index contributed by atoms with van der Waals surface area (Å²) in [6.07, 6.45) is 6.33. The Labute approximate surface area is 223 Å². The van der Waals surface area contributed by atoms with E-state index < -0.39 is 11.9 Å². The summed E-state index contributed by atoms with van der Waals surface area (Å²) in [5.41, 5.74) is 3.15. The van der Waals surface area contributed by atoms with Crippen LogP contribution in [0.5, 0.6) is 0 Å². The maximum absolute atomic E-state index is 13.0. The minimum absolute atomic E-state index is 0.229. The Morgan fingerprint density at radius 3 is 1.13 bits per heavy atom. The van der Waals surface area contributed by atoms with Crippen LogP contribution in [-0.4, -0.2) is 11.9 Å². The number of carbonyl (C=O) groups is 2. The normalized spacial score (nSPS) is 11.6. The molecule has 0 saturated carbocycles. The van der Waals surface area contributed by atoms with Gasteiger partial charge in [0.25, 0.3) is 0 Å². The standard InChI is InChI=1S/C34H30O4/c35-33(29-21-9-3-10-22-29)37-31(25-13-19-27-15-5-1-6-16-27)32(26-14-20-28-17-7-2-8-18-28)38-34(36)30-23-11-4-12-24-30/h1-12,15-18,21-26H,13-14,19-20H2/b31-25-,32-26-. The quantitative estimate of drug-likeness (QED) is 0.120. The van der Waals surface area contributed by atoms with Crippen LogP contribution in [0.2, 0.25) is 0 Å². The van der Waals surface area contributed by atoms with Crippen LogP contribution in [0.25, 0.3) is 0 Å². The summed E-state index contributed by atoms with van der Waals surface area (Å²) in [5.74, 6) is -0.568. The van der Waals surface area contributed by atoms with Crippen molar-refractivity contribution >= 4 is 11.9 Å². The largest absolute Gasteiger partial charge is 0.419 e. The van der Waals surface area contributed by atoms with E-state index in [4.69, 9.17) is 9.47 Å². The van der Waals surface area contributed by atoms with Crippen LogP contribution in [0.1, 0.15) is 44.7 Å². The molecule has 0 atom stereocenters. The van der Waals surface area contributed by atoms with Gasteiger partial charge in [0, 0.05) is 0 Å². The number of hydrogen-bond donors (Lipinski definition) is 0. The molecule has 0 saturated heterocycles. The van der Waals surface area contributed by atoms with Gasteiger partial charge in [0.1, 0.15) is 0 Å². The number of carbonyl (C=O) groups excluding carboxylic acids is 2. The lowest BCUT2D eigenvalue weighted by Crippen LogP contribution is -2.12. The van der Waals surface area contributed by atoms with Crippen molar-refractivity contribution in [2.24, 2.45) is 0 Å². The van der Waals surface area contributed by atoms with E-state index in [2.05, 4.69) is 24.3 Å². The monoisotopic (exact) mass is 502 g/mol. The van der Waals surface area contributed by atoms with Crippen molar-refractivity contribution in [3.05, 3.63) is 167 Å². The number of rotatable bonds is 11. The van der Waals surface area contributed by atoms with Gasteiger partial charge in [-0.15, -0.1) is 0 Å². The fraction of sp³-hybridized carbons (Fsp3) is 0.118. The first-order valence-electron chi connectivity index (χ1n) is 12.7. The van der Waals surface area contributed by atoms with Gasteiger partial charge in [-0.2, -0.15) is 0 Å². The third-order valence-electron chi connectivity index (χ3n) is 5.88. The molecule has 0 spiro atoms. The lowest BCUT2D eigenvalue weighted by Gasteiger charge is -2.14. The maximum Gasteiger partial charge on any atom is 0.343 e. The van der Waals surface area contributed by atoms with Gasteiger partial charge in [-0.25, -0.2) is 9.59 Å². The van der Waals surface area contributed by atoms with E-state index in [0.717, 1.165) is 24.0 Å². The van der Waals surface area contributed by atoms with Gasteiger partial charge in [0.2, 0.25) is 0 Å². The van der Waals surface area contributed by atoms with Gasteiger partial charge in [0.05, 0.1) is 11.1 Å². The van der Waals surface area contributed by atoms with Crippen LogP contribution >= 0.6 is 0 Å². The zero-order chi connectivity index (χ0) is 26.4. The van der Waals surface area contributed by atoms with Gasteiger partial charge in [-0.3, -0.25) is 0 Å². The molecule has 4 rings (SSSR count). The highest BCUT2D eigenvalue weighted by atomic mass is 16.6. The Kier molecular flexibility index (Phi) is 9.81. The van der Waals surface area contributed by atoms with E-state index in [1.807, 2.05) is 60.7 Å². The van der Waals surface area contributed by atoms with Gasteiger partial charge in [-0.05, 0) is 73.2 Å². The third-order valence-corrected chi connectivity index (χ3v) is 5.88. The maximum atomic E-state index is 13.0. The topological polar surface area (TPSA) is 52.6 Å². The molecular formula is C34H30O4. The van der Waals surface area contributed by atoms with Crippen molar-refractivity contribution in [1.29, 1.82) is 0 Å². The highest BCUT2D eigenvalue weighted by Gasteiger charge is 2.19. The minimum atomic E-state index is -0.513. The van der Waals surface area contributed by atoms with Crippen molar-refractivity contribution in [3.8, 4) is 0 Å². The lowest BCUT2D eigenvalue weighted by molar-refractivity contribution is 0.0516. The number of hydrogen-bond acceptors (Lipinski definition) is 4. The van der Waals surface area contributed by atoms with Crippen molar-refractivity contribution < 1.29 is 19.1 Å². The van der Waals surface area contributed by atoms with Crippen LogP contribution in [0, 0.1) is 0 Å². The van der Waals surface area contributed by atoms with E-state index in [0.29, 0.717) is 24.0 Å². The molecule has 0 N–H and O–H groups in total. The second-order valence-corrected chi connectivity index (χ2v) is 8.70. The molecule has 0 aliphatic carbocycles. The summed E-state index contributed by atoms with van der Waals surface area (Å²) in [4.78, 5) is 26.0. The third kappa shape index (κ3) is 8.17. The van der Waals surface area contributed by atoms with E-state index in [1.165, 1.54) is 0 Å². The Bertz CT molecular complexity index is 1250. The molecule has 38 heavy (non-hydrogen) atoms.